The minimum Gasteiger partial charge on any atom is -0.459 e. The van der Waals surface area contributed by atoms with E-state index >= 15 is 0 Å². The molecule has 2 aromatic rings. The van der Waals surface area contributed by atoms with E-state index in [2.05, 4.69) is 5.32 Å². The highest BCUT2D eigenvalue weighted by Gasteiger charge is 2.13. The summed E-state index contributed by atoms with van der Waals surface area (Å²) >= 11 is 0. The second-order valence-electron chi connectivity index (χ2n) is 3.66. The van der Waals surface area contributed by atoms with Crippen molar-refractivity contribution >= 4 is 17.3 Å². The highest BCUT2D eigenvalue weighted by Crippen LogP contribution is 2.17. The Kier molecular flexibility index (Phi) is 2.82. The lowest BCUT2D eigenvalue weighted by molar-refractivity contribution is 0.0996. The molecule has 0 saturated heterocycles. The van der Waals surface area contributed by atoms with Crippen LogP contribution in [0.3, 0.4) is 0 Å². The summed E-state index contributed by atoms with van der Waals surface area (Å²) in [4.78, 5) is 11.8. The van der Waals surface area contributed by atoms with Crippen LogP contribution >= 0.6 is 0 Å². The third-order valence-corrected chi connectivity index (χ3v) is 2.25. The van der Waals surface area contributed by atoms with Gasteiger partial charge in [-0.15, -0.1) is 0 Å². The third-order valence-electron chi connectivity index (χ3n) is 2.25. The van der Waals surface area contributed by atoms with Gasteiger partial charge in [0.1, 0.15) is 5.82 Å². The fraction of sp³-hybridized carbons (Fsp3) is 0.0833. The van der Waals surface area contributed by atoms with Crippen molar-refractivity contribution in [3.8, 4) is 0 Å². The van der Waals surface area contributed by atoms with Crippen LogP contribution < -0.4 is 11.1 Å². The average molecular weight is 234 g/mol. The van der Waals surface area contributed by atoms with Crippen LogP contribution in [0.15, 0.2) is 34.9 Å². The fourth-order valence-corrected chi connectivity index (χ4v) is 1.48. The van der Waals surface area contributed by atoms with Crippen LogP contribution in [0.5, 0.6) is 0 Å². The molecule has 0 aliphatic heterocycles. The molecule has 1 heterocycles. The summed E-state index contributed by atoms with van der Waals surface area (Å²) in [7, 11) is 0. The Balaban J connectivity index is 2.21. The molecule has 4 nitrogen and oxygen atoms in total. The van der Waals surface area contributed by atoms with Gasteiger partial charge in [-0.25, -0.2) is 4.39 Å². The Morgan fingerprint density at radius 2 is 2.18 bits per heavy atom. The van der Waals surface area contributed by atoms with Gasteiger partial charge in [0.05, 0.1) is 6.26 Å². The van der Waals surface area contributed by atoms with Gasteiger partial charge in [0.15, 0.2) is 5.76 Å². The van der Waals surface area contributed by atoms with Crippen molar-refractivity contribution in [2.75, 3.05) is 11.1 Å². The first-order chi connectivity index (χ1) is 8.06. The molecule has 2 rings (SSSR count). The predicted octanol–water partition coefficient (Wildman–Crippen LogP) is 2.56. The number of hydrogen-bond donors (Lipinski definition) is 2. The number of hydrogen-bond acceptors (Lipinski definition) is 3. The minimum atomic E-state index is -0.503. The Hall–Kier alpha value is -2.30. The molecule has 0 unspecified atom stereocenters. The van der Waals surface area contributed by atoms with Crippen molar-refractivity contribution in [3.05, 3.63) is 47.7 Å². The Morgan fingerprint density at radius 1 is 1.41 bits per heavy atom. The van der Waals surface area contributed by atoms with Crippen LogP contribution in [-0.4, -0.2) is 5.91 Å². The van der Waals surface area contributed by atoms with Crippen LogP contribution in [0.1, 0.15) is 16.1 Å². The maximum Gasteiger partial charge on any atom is 0.291 e. The summed E-state index contributed by atoms with van der Waals surface area (Å²) in [6, 6.07) is 5.51. The molecule has 1 amide bonds. The van der Waals surface area contributed by atoms with E-state index in [1.165, 1.54) is 24.5 Å². The van der Waals surface area contributed by atoms with Crippen molar-refractivity contribution < 1.29 is 13.6 Å². The smallest absolute Gasteiger partial charge is 0.291 e. The van der Waals surface area contributed by atoms with Gasteiger partial charge in [-0.1, -0.05) is 0 Å². The van der Waals surface area contributed by atoms with Gasteiger partial charge in [0, 0.05) is 16.9 Å². The lowest BCUT2D eigenvalue weighted by Gasteiger charge is -2.05. The summed E-state index contributed by atoms with van der Waals surface area (Å²) < 4.78 is 18.1. The molecule has 0 aliphatic rings. The quantitative estimate of drug-likeness (QED) is 0.784. The molecule has 17 heavy (non-hydrogen) atoms. The molecule has 1 aromatic heterocycles. The number of nitrogens with one attached hydrogen (secondary N) is 1. The number of nitrogens with two attached hydrogens (primary N) is 1. The number of amides is 1. The van der Waals surface area contributed by atoms with E-state index in [0.717, 1.165) is 0 Å². The molecule has 5 heteroatoms. The standard InChI is InChI=1S/C12H11FN2O2/c1-7-2-3-17-11(7)12(16)15-10-5-8(13)4-9(14)6-10/h2-6H,14H2,1H3,(H,15,16). The number of carbonyl (C=O) groups excluding carboxylic acids is 1. The van der Waals surface area contributed by atoms with Crippen molar-refractivity contribution in [2.45, 2.75) is 6.92 Å². The number of nitrogen functional groups attached to an aromatic ring is 1. The minimum absolute atomic E-state index is 0.202. The highest BCUT2D eigenvalue weighted by molar-refractivity contribution is 6.03. The number of furan rings is 1. The number of anilines is 2. The lowest BCUT2D eigenvalue weighted by atomic mass is 10.2. The van der Waals surface area contributed by atoms with Crippen LogP contribution in [0.25, 0.3) is 0 Å². The molecule has 0 aliphatic carbocycles. The second-order valence-corrected chi connectivity index (χ2v) is 3.66. The highest BCUT2D eigenvalue weighted by atomic mass is 19.1. The van der Waals surface area contributed by atoms with Gasteiger partial charge in [0.25, 0.3) is 5.91 Å². The van der Waals surface area contributed by atoms with E-state index in [1.54, 1.807) is 13.0 Å². The van der Waals surface area contributed by atoms with Gasteiger partial charge in [0.2, 0.25) is 0 Å². The van der Waals surface area contributed by atoms with Crippen LogP contribution in [0.4, 0.5) is 15.8 Å². The van der Waals surface area contributed by atoms with E-state index in [1.807, 2.05) is 0 Å². The van der Waals surface area contributed by atoms with Gasteiger partial charge < -0.3 is 15.5 Å². The maximum absolute atomic E-state index is 13.0. The summed E-state index contributed by atoms with van der Waals surface area (Å²) in [6.45, 7) is 1.75. The molecule has 0 fully saturated rings. The predicted molar refractivity (Wildman–Crippen MR) is 62.2 cm³/mol. The number of halogens is 1. The lowest BCUT2D eigenvalue weighted by Crippen LogP contribution is -2.12. The first-order valence-corrected chi connectivity index (χ1v) is 4.98. The third kappa shape index (κ3) is 2.44. The summed E-state index contributed by atoms with van der Waals surface area (Å²) in [5, 5.41) is 2.51. The van der Waals surface area contributed by atoms with Crippen LogP contribution in [-0.2, 0) is 0 Å². The molecule has 0 saturated carbocycles. The topological polar surface area (TPSA) is 68.3 Å². The van der Waals surface area contributed by atoms with E-state index in [9.17, 15) is 9.18 Å². The SMILES string of the molecule is Cc1ccoc1C(=O)Nc1cc(N)cc(F)c1. The molecule has 0 atom stereocenters. The monoisotopic (exact) mass is 234 g/mol. The zero-order valence-corrected chi connectivity index (χ0v) is 9.16. The zero-order valence-electron chi connectivity index (χ0n) is 9.16. The first-order valence-electron chi connectivity index (χ1n) is 4.98. The largest absolute Gasteiger partial charge is 0.459 e. The van der Waals surface area contributed by atoms with E-state index in [-0.39, 0.29) is 11.4 Å². The number of carbonyl (C=O) groups is 1. The van der Waals surface area contributed by atoms with Crippen molar-refractivity contribution in [2.24, 2.45) is 0 Å². The molecule has 0 bridgehead atoms. The van der Waals surface area contributed by atoms with Gasteiger partial charge in [-0.3, -0.25) is 4.79 Å². The van der Waals surface area contributed by atoms with Crippen molar-refractivity contribution in [3.63, 3.8) is 0 Å². The zero-order chi connectivity index (χ0) is 12.4. The summed E-state index contributed by atoms with van der Waals surface area (Å²) in [5.74, 6) is -0.734. The maximum atomic E-state index is 13.0. The van der Waals surface area contributed by atoms with E-state index < -0.39 is 11.7 Å². The summed E-state index contributed by atoms with van der Waals surface area (Å²) in [6.07, 6.45) is 1.42. The van der Waals surface area contributed by atoms with Gasteiger partial charge in [-0.2, -0.15) is 0 Å². The van der Waals surface area contributed by atoms with E-state index in [0.29, 0.717) is 11.3 Å². The van der Waals surface area contributed by atoms with E-state index in [4.69, 9.17) is 10.2 Å². The number of rotatable bonds is 2. The van der Waals surface area contributed by atoms with Crippen molar-refractivity contribution in [1.29, 1.82) is 0 Å². The normalized spacial score (nSPS) is 10.2. The average Bonchev–Trinajstić information content (AvgIpc) is 2.62. The Bertz CT molecular complexity index is 543. The second kappa shape index (κ2) is 4.29. The molecule has 0 spiro atoms. The van der Waals surface area contributed by atoms with Gasteiger partial charge in [-0.05, 0) is 31.2 Å². The van der Waals surface area contributed by atoms with Gasteiger partial charge >= 0.3 is 0 Å². The summed E-state index contributed by atoms with van der Waals surface area (Å²) in [5.41, 5.74) is 6.73. The molecular formula is C12H11FN2O2. The molecule has 3 N–H and O–H groups in total. The number of aryl methyl sites for hydroxylation is 1. The molecular weight excluding hydrogens is 223 g/mol. The molecule has 1 aromatic carbocycles. The number of benzene rings is 1. The first kappa shape index (κ1) is 11.2. The fourth-order valence-electron chi connectivity index (χ4n) is 1.48. The van der Waals surface area contributed by atoms with Crippen LogP contribution in [0, 0.1) is 12.7 Å². The molecule has 88 valence electrons. The Labute approximate surface area is 97.2 Å². The molecule has 0 radical (unpaired) electrons. The Morgan fingerprint density at radius 3 is 2.76 bits per heavy atom. The van der Waals surface area contributed by atoms with Crippen LogP contribution in [0.2, 0.25) is 0 Å². The van der Waals surface area contributed by atoms with Crippen molar-refractivity contribution in [1.82, 2.24) is 0 Å².